The number of carbonyl (C=O) groups is 1. The molecular weight excluding hydrogens is 396 g/mol. The highest BCUT2D eigenvalue weighted by molar-refractivity contribution is 5.93. The summed E-state index contributed by atoms with van der Waals surface area (Å²) in [5.41, 5.74) is 6.29. The first-order valence-electron chi connectivity index (χ1n) is 10.8. The molecule has 0 saturated carbocycles. The van der Waals surface area contributed by atoms with Gasteiger partial charge in [0.15, 0.2) is 0 Å². The Balaban J connectivity index is 1.45. The Hall–Kier alpha value is -3.99. The fraction of sp³-hybridized carbons (Fsp3) is 0.148. The lowest BCUT2D eigenvalue weighted by molar-refractivity contribution is -0.120. The first kappa shape index (κ1) is 19.9. The molecule has 3 heterocycles. The Labute approximate surface area is 186 Å². The van der Waals surface area contributed by atoms with E-state index in [4.69, 9.17) is 0 Å². The van der Waals surface area contributed by atoms with E-state index in [1.165, 1.54) is 0 Å². The lowest BCUT2D eigenvalue weighted by Crippen LogP contribution is -2.24. The van der Waals surface area contributed by atoms with Crippen LogP contribution in [-0.2, 0) is 24.3 Å². The molecule has 32 heavy (non-hydrogen) atoms. The largest absolute Gasteiger partial charge is 0.350 e. The van der Waals surface area contributed by atoms with E-state index in [1.807, 2.05) is 30.5 Å². The predicted molar refractivity (Wildman–Crippen MR) is 128 cm³/mol. The van der Waals surface area contributed by atoms with Crippen LogP contribution in [0, 0.1) is 0 Å². The Kier molecular flexibility index (Phi) is 5.38. The van der Waals surface area contributed by atoms with Crippen molar-refractivity contribution in [3.05, 3.63) is 96.6 Å². The van der Waals surface area contributed by atoms with Gasteiger partial charge in [0, 0.05) is 41.4 Å². The molecule has 0 saturated heterocycles. The number of amides is 1. The van der Waals surface area contributed by atoms with Gasteiger partial charge in [-0.3, -0.25) is 14.8 Å². The van der Waals surface area contributed by atoms with Crippen molar-refractivity contribution in [2.45, 2.75) is 26.4 Å². The molecule has 5 nitrogen and oxygen atoms in total. The van der Waals surface area contributed by atoms with E-state index >= 15 is 0 Å². The summed E-state index contributed by atoms with van der Waals surface area (Å²) in [6, 6.07) is 22.6. The van der Waals surface area contributed by atoms with E-state index in [2.05, 4.69) is 75.4 Å². The molecule has 3 aromatic heterocycles. The van der Waals surface area contributed by atoms with Crippen LogP contribution in [0.15, 0.2) is 85.3 Å². The van der Waals surface area contributed by atoms with Gasteiger partial charge in [-0.1, -0.05) is 24.3 Å². The van der Waals surface area contributed by atoms with Gasteiger partial charge in [0.25, 0.3) is 0 Å². The second-order valence-corrected chi connectivity index (χ2v) is 7.86. The average Bonchev–Trinajstić information content (AvgIpc) is 3.19. The zero-order chi connectivity index (χ0) is 21.9. The van der Waals surface area contributed by atoms with Gasteiger partial charge in [-0.25, -0.2) is 0 Å². The number of hydrogen-bond donors (Lipinski definition) is 1. The predicted octanol–water partition coefficient (Wildman–Crippen LogP) is 5.13. The summed E-state index contributed by atoms with van der Waals surface area (Å²) in [5.74, 6) is -0.00649. The smallest absolute Gasteiger partial charge is 0.224 e. The lowest BCUT2D eigenvalue weighted by atomic mass is 10.00. The van der Waals surface area contributed by atoms with Crippen LogP contribution in [0.4, 0.5) is 0 Å². The van der Waals surface area contributed by atoms with E-state index in [-0.39, 0.29) is 5.91 Å². The first-order chi connectivity index (χ1) is 15.7. The van der Waals surface area contributed by atoms with Gasteiger partial charge in [0.05, 0.1) is 24.2 Å². The Morgan fingerprint density at radius 1 is 0.938 bits per heavy atom. The SMILES string of the molecule is CCn1cc(CC(=O)NCc2ccccn2)c2cc(-c3ccc4ncccc4c3)ccc21. The fourth-order valence-corrected chi connectivity index (χ4v) is 4.14. The number of carbonyl (C=O) groups excluding carboxylic acids is 1. The van der Waals surface area contributed by atoms with Gasteiger partial charge in [-0.2, -0.15) is 0 Å². The molecule has 0 aliphatic carbocycles. The van der Waals surface area contributed by atoms with Gasteiger partial charge >= 0.3 is 0 Å². The maximum atomic E-state index is 12.7. The minimum atomic E-state index is -0.00649. The minimum absolute atomic E-state index is 0.00649. The van der Waals surface area contributed by atoms with E-state index in [1.54, 1.807) is 6.20 Å². The molecule has 1 N–H and O–H groups in total. The summed E-state index contributed by atoms with van der Waals surface area (Å²) in [7, 11) is 0. The third kappa shape index (κ3) is 3.97. The minimum Gasteiger partial charge on any atom is -0.350 e. The number of rotatable bonds is 6. The molecule has 0 bridgehead atoms. The fourth-order valence-electron chi connectivity index (χ4n) is 4.14. The van der Waals surface area contributed by atoms with Gasteiger partial charge in [-0.15, -0.1) is 0 Å². The molecule has 5 rings (SSSR count). The molecule has 0 fully saturated rings. The average molecular weight is 421 g/mol. The number of nitrogens with one attached hydrogen (secondary N) is 1. The number of aromatic nitrogens is 3. The van der Waals surface area contributed by atoms with Gasteiger partial charge in [-0.05, 0) is 66.1 Å². The number of hydrogen-bond acceptors (Lipinski definition) is 3. The van der Waals surface area contributed by atoms with E-state index in [9.17, 15) is 4.79 Å². The zero-order valence-electron chi connectivity index (χ0n) is 18.0. The van der Waals surface area contributed by atoms with Crippen LogP contribution in [-0.4, -0.2) is 20.4 Å². The first-order valence-corrected chi connectivity index (χ1v) is 10.8. The second-order valence-electron chi connectivity index (χ2n) is 7.86. The summed E-state index contributed by atoms with van der Waals surface area (Å²) in [6.07, 6.45) is 5.98. The summed E-state index contributed by atoms with van der Waals surface area (Å²) >= 11 is 0. The van der Waals surface area contributed by atoms with Crippen LogP contribution in [0.1, 0.15) is 18.2 Å². The van der Waals surface area contributed by atoms with E-state index in [0.717, 1.165) is 50.7 Å². The number of pyridine rings is 2. The number of nitrogens with zero attached hydrogens (tertiary/aromatic N) is 3. The Bertz CT molecular complexity index is 1410. The summed E-state index contributed by atoms with van der Waals surface area (Å²) in [4.78, 5) is 21.4. The van der Waals surface area contributed by atoms with Gasteiger partial charge in [0.2, 0.25) is 5.91 Å². The molecule has 0 atom stereocenters. The topological polar surface area (TPSA) is 59.8 Å². The molecule has 0 aliphatic rings. The van der Waals surface area contributed by atoms with Gasteiger partial charge < -0.3 is 9.88 Å². The number of benzene rings is 2. The standard InChI is InChI=1S/C27H24N4O/c1-2-31-18-22(16-27(32)30-17-23-7-3-4-12-28-23)24-15-20(9-11-26(24)31)19-8-10-25-21(14-19)6-5-13-29-25/h3-15,18H,2,16-17H2,1H3,(H,30,32). The van der Waals surface area contributed by atoms with Crippen LogP contribution in [0.5, 0.6) is 0 Å². The van der Waals surface area contributed by atoms with Crippen LogP contribution >= 0.6 is 0 Å². The highest BCUT2D eigenvalue weighted by atomic mass is 16.1. The monoisotopic (exact) mass is 420 g/mol. The summed E-state index contributed by atoms with van der Waals surface area (Å²) in [6.45, 7) is 3.41. The number of aryl methyl sites for hydroxylation is 1. The molecule has 5 aromatic rings. The molecule has 5 heteroatoms. The molecule has 158 valence electrons. The quantitative estimate of drug-likeness (QED) is 0.414. The van der Waals surface area contributed by atoms with Crippen LogP contribution in [0.2, 0.25) is 0 Å². The summed E-state index contributed by atoms with van der Waals surface area (Å²) < 4.78 is 2.20. The van der Waals surface area contributed by atoms with Crippen LogP contribution in [0.25, 0.3) is 32.9 Å². The molecule has 1 amide bonds. The third-order valence-corrected chi connectivity index (χ3v) is 5.78. The van der Waals surface area contributed by atoms with E-state index in [0.29, 0.717) is 13.0 Å². The third-order valence-electron chi connectivity index (χ3n) is 5.78. The molecule has 0 radical (unpaired) electrons. The van der Waals surface area contributed by atoms with Crippen molar-refractivity contribution < 1.29 is 4.79 Å². The zero-order valence-corrected chi connectivity index (χ0v) is 18.0. The maximum Gasteiger partial charge on any atom is 0.224 e. The lowest BCUT2D eigenvalue weighted by Gasteiger charge is -2.07. The van der Waals surface area contributed by atoms with Crippen molar-refractivity contribution in [3.8, 4) is 11.1 Å². The second kappa shape index (κ2) is 8.63. The van der Waals surface area contributed by atoms with Crippen LogP contribution in [0.3, 0.4) is 0 Å². The highest BCUT2D eigenvalue weighted by Crippen LogP contribution is 2.30. The molecule has 0 spiro atoms. The molecule has 0 unspecified atom stereocenters. The van der Waals surface area contributed by atoms with Crippen molar-refractivity contribution in [2.75, 3.05) is 0 Å². The van der Waals surface area contributed by atoms with Crippen molar-refractivity contribution in [1.82, 2.24) is 19.9 Å². The van der Waals surface area contributed by atoms with Crippen molar-refractivity contribution in [1.29, 1.82) is 0 Å². The molecular formula is C27H24N4O. The Morgan fingerprint density at radius 2 is 1.78 bits per heavy atom. The maximum absolute atomic E-state index is 12.7. The van der Waals surface area contributed by atoms with Crippen molar-refractivity contribution in [2.24, 2.45) is 0 Å². The highest BCUT2D eigenvalue weighted by Gasteiger charge is 2.13. The number of fused-ring (bicyclic) bond motifs is 2. The molecule has 0 aliphatic heterocycles. The van der Waals surface area contributed by atoms with Crippen molar-refractivity contribution >= 4 is 27.7 Å². The molecule has 2 aromatic carbocycles. The van der Waals surface area contributed by atoms with Gasteiger partial charge in [0.1, 0.15) is 0 Å². The van der Waals surface area contributed by atoms with Crippen molar-refractivity contribution in [3.63, 3.8) is 0 Å². The summed E-state index contributed by atoms with van der Waals surface area (Å²) in [5, 5.41) is 5.22. The normalized spacial score (nSPS) is 11.2. The Morgan fingerprint density at radius 3 is 2.62 bits per heavy atom. The van der Waals surface area contributed by atoms with Crippen LogP contribution < -0.4 is 5.32 Å². The van der Waals surface area contributed by atoms with E-state index < -0.39 is 0 Å².